The second-order valence-corrected chi connectivity index (χ2v) is 3.86. The Bertz CT molecular complexity index is 497. The van der Waals surface area contributed by atoms with Gasteiger partial charge >= 0.3 is 0 Å². The van der Waals surface area contributed by atoms with Gasteiger partial charge in [-0.2, -0.15) is 0 Å². The summed E-state index contributed by atoms with van der Waals surface area (Å²) in [6.07, 6.45) is 1.48. The largest absolute Gasteiger partial charge is 0.399 e. The summed E-state index contributed by atoms with van der Waals surface area (Å²) in [6, 6.07) is 4.46. The predicted octanol–water partition coefficient (Wildman–Crippen LogP) is 2.58. The molecule has 96 valence electrons. The summed E-state index contributed by atoms with van der Waals surface area (Å²) in [5.41, 5.74) is 6.16. The van der Waals surface area contributed by atoms with E-state index in [1.165, 1.54) is 6.07 Å². The maximum atomic E-state index is 12.8. The van der Waals surface area contributed by atoms with E-state index in [9.17, 15) is 8.78 Å². The van der Waals surface area contributed by atoms with Gasteiger partial charge in [-0.25, -0.2) is 13.8 Å². The van der Waals surface area contributed by atoms with Gasteiger partial charge in [0.2, 0.25) is 0 Å². The minimum Gasteiger partial charge on any atom is -0.399 e. The van der Waals surface area contributed by atoms with Crippen LogP contribution in [0, 0.1) is 0 Å². The highest BCUT2D eigenvalue weighted by Crippen LogP contribution is 2.28. The first-order chi connectivity index (χ1) is 8.66. The van der Waals surface area contributed by atoms with Crippen molar-refractivity contribution in [1.82, 2.24) is 9.97 Å². The van der Waals surface area contributed by atoms with Crippen LogP contribution in [-0.2, 0) is 6.42 Å². The van der Waals surface area contributed by atoms with Crippen molar-refractivity contribution in [3.05, 3.63) is 42.0 Å². The second kappa shape index (κ2) is 5.48. The van der Waals surface area contributed by atoms with E-state index in [2.05, 4.69) is 15.3 Å². The lowest BCUT2D eigenvalue weighted by Crippen LogP contribution is -2.08. The number of nitrogens with zero attached hydrogens (tertiary/aromatic N) is 1. The van der Waals surface area contributed by atoms with Gasteiger partial charge in [-0.15, -0.1) is 0 Å². The van der Waals surface area contributed by atoms with Crippen LogP contribution in [0.4, 0.5) is 20.2 Å². The van der Waals surface area contributed by atoms with E-state index in [0.29, 0.717) is 24.3 Å². The van der Waals surface area contributed by atoms with Crippen LogP contribution < -0.4 is 11.1 Å². The van der Waals surface area contributed by atoms with Gasteiger partial charge in [0.25, 0.3) is 6.43 Å². The highest BCUT2D eigenvalue weighted by Gasteiger charge is 2.12. The number of nitrogens with two attached hydrogens (primary N) is 1. The average Bonchev–Trinajstić information content (AvgIpc) is 2.84. The van der Waals surface area contributed by atoms with E-state index in [-0.39, 0.29) is 5.56 Å². The first-order valence-electron chi connectivity index (χ1n) is 5.56. The number of rotatable bonds is 5. The predicted molar refractivity (Wildman–Crippen MR) is 66.6 cm³/mol. The molecule has 2 aromatic rings. The van der Waals surface area contributed by atoms with E-state index in [1.54, 1.807) is 24.5 Å². The summed E-state index contributed by atoms with van der Waals surface area (Å²) in [5, 5.41) is 2.96. The van der Waals surface area contributed by atoms with Crippen molar-refractivity contribution in [1.29, 1.82) is 0 Å². The SMILES string of the molecule is Nc1ccc(NCCc2ncc[nH]2)c(C(F)F)c1. The van der Waals surface area contributed by atoms with Gasteiger partial charge in [-0.1, -0.05) is 0 Å². The number of hydrogen-bond acceptors (Lipinski definition) is 3. The minimum absolute atomic E-state index is 0.0746. The molecule has 1 aromatic carbocycles. The lowest BCUT2D eigenvalue weighted by molar-refractivity contribution is 0.152. The Balaban J connectivity index is 2.00. The fraction of sp³-hybridized carbons (Fsp3) is 0.250. The van der Waals surface area contributed by atoms with Crippen molar-refractivity contribution in [2.75, 3.05) is 17.6 Å². The number of alkyl halides is 2. The molecule has 0 aliphatic heterocycles. The third-order valence-electron chi connectivity index (χ3n) is 2.54. The van der Waals surface area contributed by atoms with Gasteiger partial charge in [-0.05, 0) is 18.2 Å². The molecule has 18 heavy (non-hydrogen) atoms. The van der Waals surface area contributed by atoms with E-state index in [1.807, 2.05) is 0 Å². The van der Waals surface area contributed by atoms with Crippen molar-refractivity contribution in [3.63, 3.8) is 0 Å². The second-order valence-electron chi connectivity index (χ2n) is 3.86. The standard InChI is InChI=1S/C12H14F2N4/c13-12(14)9-7-8(15)1-2-10(9)16-4-3-11-17-5-6-18-11/h1-2,5-7,12,16H,3-4,15H2,(H,17,18). The van der Waals surface area contributed by atoms with E-state index < -0.39 is 6.43 Å². The molecular weight excluding hydrogens is 238 g/mol. The van der Waals surface area contributed by atoms with Gasteiger partial charge in [0.05, 0.1) is 0 Å². The molecule has 6 heteroatoms. The zero-order valence-electron chi connectivity index (χ0n) is 9.66. The van der Waals surface area contributed by atoms with Crippen LogP contribution in [0.25, 0.3) is 0 Å². The maximum Gasteiger partial charge on any atom is 0.265 e. The van der Waals surface area contributed by atoms with Gasteiger partial charge in [0.1, 0.15) is 5.82 Å². The molecule has 4 nitrogen and oxygen atoms in total. The van der Waals surface area contributed by atoms with Crippen molar-refractivity contribution < 1.29 is 8.78 Å². The summed E-state index contributed by atoms with van der Waals surface area (Å²) in [7, 11) is 0. The Hall–Kier alpha value is -2.11. The van der Waals surface area contributed by atoms with Crippen LogP contribution in [0.15, 0.2) is 30.6 Å². The average molecular weight is 252 g/mol. The molecule has 0 radical (unpaired) electrons. The molecule has 0 atom stereocenters. The van der Waals surface area contributed by atoms with Crippen molar-refractivity contribution >= 4 is 11.4 Å². The maximum absolute atomic E-state index is 12.8. The number of imidazole rings is 1. The van der Waals surface area contributed by atoms with Crippen LogP contribution in [0.5, 0.6) is 0 Å². The van der Waals surface area contributed by atoms with Gasteiger partial charge in [0, 0.05) is 42.3 Å². The summed E-state index contributed by atoms with van der Waals surface area (Å²) >= 11 is 0. The molecular formula is C12H14F2N4. The van der Waals surface area contributed by atoms with Crippen LogP contribution in [0.3, 0.4) is 0 Å². The van der Waals surface area contributed by atoms with E-state index in [0.717, 1.165) is 5.82 Å². The molecule has 0 aliphatic carbocycles. The van der Waals surface area contributed by atoms with Crippen LogP contribution in [0.2, 0.25) is 0 Å². The molecule has 4 N–H and O–H groups in total. The van der Waals surface area contributed by atoms with Crippen molar-refractivity contribution in [3.8, 4) is 0 Å². The number of hydrogen-bond donors (Lipinski definition) is 3. The lowest BCUT2D eigenvalue weighted by atomic mass is 10.1. The van der Waals surface area contributed by atoms with Gasteiger partial charge < -0.3 is 16.0 Å². The first-order valence-corrected chi connectivity index (χ1v) is 5.56. The summed E-state index contributed by atoms with van der Waals surface area (Å²) in [5.74, 6) is 0.816. The molecule has 0 amide bonds. The lowest BCUT2D eigenvalue weighted by Gasteiger charge is -2.11. The van der Waals surface area contributed by atoms with Crippen LogP contribution in [0.1, 0.15) is 17.8 Å². The normalized spacial score (nSPS) is 10.8. The Morgan fingerprint density at radius 1 is 1.39 bits per heavy atom. The Morgan fingerprint density at radius 2 is 2.22 bits per heavy atom. The number of aromatic amines is 1. The molecule has 0 unspecified atom stereocenters. The van der Waals surface area contributed by atoms with Crippen molar-refractivity contribution in [2.24, 2.45) is 0 Å². The number of nitrogen functional groups attached to an aromatic ring is 1. The topological polar surface area (TPSA) is 66.7 Å². The van der Waals surface area contributed by atoms with Gasteiger partial charge in [0.15, 0.2) is 0 Å². The fourth-order valence-corrected chi connectivity index (χ4v) is 1.67. The molecule has 0 spiro atoms. The number of anilines is 2. The zero-order valence-corrected chi connectivity index (χ0v) is 9.66. The third-order valence-corrected chi connectivity index (χ3v) is 2.54. The highest BCUT2D eigenvalue weighted by atomic mass is 19.3. The fourth-order valence-electron chi connectivity index (χ4n) is 1.67. The van der Waals surface area contributed by atoms with Crippen molar-refractivity contribution in [2.45, 2.75) is 12.8 Å². The van der Waals surface area contributed by atoms with Crippen LogP contribution >= 0.6 is 0 Å². The quantitative estimate of drug-likeness (QED) is 0.716. The summed E-state index contributed by atoms with van der Waals surface area (Å²) < 4.78 is 25.6. The molecule has 0 bridgehead atoms. The molecule has 1 heterocycles. The Kier molecular flexibility index (Phi) is 3.76. The smallest absolute Gasteiger partial charge is 0.265 e. The molecule has 0 aliphatic rings. The van der Waals surface area contributed by atoms with E-state index in [4.69, 9.17) is 5.73 Å². The summed E-state index contributed by atoms with van der Waals surface area (Å²) in [6.45, 7) is 0.525. The zero-order chi connectivity index (χ0) is 13.0. The molecule has 1 aromatic heterocycles. The number of aromatic nitrogens is 2. The van der Waals surface area contributed by atoms with Crippen LogP contribution in [-0.4, -0.2) is 16.5 Å². The Morgan fingerprint density at radius 3 is 2.89 bits per heavy atom. The summed E-state index contributed by atoms with van der Waals surface area (Å²) in [4.78, 5) is 7.01. The third kappa shape index (κ3) is 2.97. The monoisotopic (exact) mass is 252 g/mol. The molecule has 0 saturated carbocycles. The van der Waals surface area contributed by atoms with Gasteiger partial charge in [-0.3, -0.25) is 0 Å². The van der Waals surface area contributed by atoms with E-state index >= 15 is 0 Å². The molecule has 2 rings (SSSR count). The minimum atomic E-state index is -2.54. The highest BCUT2D eigenvalue weighted by molar-refractivity contribution is 5.58. The number of nitrogens with one attached hydrogen (secondary N) is 2. The first kappa shape index (κ1) is 12.3. The number of halogens is 2. The number of H-pyrrole nitrogens is 1. The molecule has 0 saturated heterocycles. The Labute approximate surface area is 103 Å². The molecule has 0 fully saturated rings. The number of benzene rings is 1.